The number of amidine groups is 1. The maximum Gasteiger partial charge on any atom is 0.264 e. The average molecular weight is 520 g/mol. The van der Waals surface area contributed by atoms with Gasteiger partial charge in [-0.15, -0.1) is 0 Å². The molecule has 164 valence electrons. The SMILES string of the molecule is COc1ccc(N=C2NC(=O)/C(=C\c3ccc(OCc4ccccc4C#N)c(Br)c3)S2)cc1. The standard InChI is InChI=1S/C25H18BrN3O3S/c1-31-20-9-7-19(8-10-20)28-25-29-24(30)23(33-25)13-16-6-11-22(21(26)12-16)32-15-18-5-3-2-4-17(18)14-27/h2-13H,15H2,1H3,(H,28,29,30)/b23-13+. The Hall–Kier alpha value is -3.54. The Morgan fingerprint density at radius 3 is 2.67 bits per heavy atom. The van der Waals surface area contributed by atoms with E-state index in [0.717, 1.165) is 27.0 Å². The Bertz CT molecular complexity index is 1300. The Morgan fingerprint density at radius 1 is 1.15 bits per heavy atom. The van der Waals surface area contributed by atoms with Crippen LogP contribution in [0.3, 0.4) is 0 Å². The zero-order chi connectivity index (χ0) is 23.2. The molecule has 3 aromatic rings. The molecule has 0 aromatic heterocycles. The van der Waals surface area contributed by atoms with E-state index in [4.69, 9.17) is 9.47 Å². The first kappa shape index (κ1) is 22.6. The van der Waals surface area contributed by atoms with Crippen molar-refractivity contribution in [2.75, 3.05) is 7.11 Å². The molecule has 33 heavy (non-hydrogen) atoms. The molecule has 3 aromatic carbocycles. The van der Waals surface area contributed by atoms with Gasteiger partial charge in [0.25, 0.3) is 5.91 Å². The molecule has 0 aliphatic carbocycles. The molecule has 1 amide bonds. The third-order valence-corrected chi connectivity index (χ3v) is 6.26. The van der Waals surface area contributed by atoms with Crippen LogP contribution in [0, 0.1) is 11.3 Å². The first-order valence-electron chi connectivity index (χ1n) is 9.90. The summed E-state index contributed by atoms with van der Waals surface area (Å²) in [6.45, 7) is 0.284. The van der Waals surface area contributed by atoms with E-state index in [1.807, 2.05) is 60.7 Å². The van der Waals surface area contributed by atoms with Crippen molar-refractivity contribution in [1.29, 1.82) is 5.26 Å². The number of carbonyl (C=O) groups is 1. The lowest BCUT2D eigenvalue weighted by atomic mass is 10.1. The zero-order valence-corrected chi connectivity index (χ0v) is 19.9. The van der Waals surface area contributed by atoms with Gasteiger partial charge < -0.3 is 14.8 Å². The second kappa shape index (κ2) is 10.4. The maximum atomic E-state index is 12.4. The maximum absolute atomic E-state index is 12.4. The van der Waals surface area contributed by atoms with Crippen molar-refractivity contribution in [3.8, 4) is 17.6 Å². The highest BCUT2D eigenvalue weighted by atomic mass is 79.9. The highest BCUT2D eigenvalue weighted by Gasteiger charge is 2.24. The second-order valence-corrected chi connectivity index (χ2v) is 8.81. The van der Waals surface area contributed by atoms with Crippen LogP contribution in [0.5, 0.6) is 11.5 Å². The van der Waals surface area contributed by atoms with E-state index in [1.165, 1.54) is 11.8 Å². The number of nitrogens with zero attached hydrogens (tertiary/aromatic N) is 2. The van der Waals surface area contributed by atoms with E-state index in [-0.39, 0.29) is 12.5 Å². The number of hydrogen-bond acceptors (Lipinski definition) is 6. The first-order chi connectivity index (χ1) is 16.1. The van der Waals surface area contributed by atoms with Crippen molar-refractivity contribution in [2.24, 2.45) is 4.99 Å². The van der Waals surface area contributed by atoms with Crippen molar-refractivity contribution in [3.05, 3.63) is 92.8 Å². The molecule has 1 saturated heterocycles. The number of nitrogens with one attached hydrogen (secondary N) is 1. The topological polar surface area (TPSA) is 83.7 Å². The van der Waals surface area contributed by atoms with Crippen LogP contribution in [0.25, 0.3) is 6.08 Å². The molecule has 4 rings (SSSR count). The minimum absolute atomic E-state index is 0.197. The molecule has 0 spiro atoms. The van der Waals surface area contributed by atoms with Crippen LogP contribution in [0.2, 0.25) is 0 Å². The van der Waals surface area contributed by atoms with Gasteiger partial charge in [-0.1, -0.05) is 24.3 Å². The molecule has 1 aliphatic heterocycles. The quantitative estimate of drug-likeness (QED) is 0.416. The summed E-state index contributed by atoms with van der Waals surface area (Å²) >= 11 is 4.81. The van der Waals surface area contributed by atoms with E-state index in [1.54, 1.807) is 19.3 Å². The number of hydrogen-bond donors (Lipinski definition) is 1. The molecule has 8 heteroatoms. The van der Waals surface area contributed by atoms with Crippen LogP contribution in [0.1, 0.15) is 16.7 Å². The van der Waals surface area contributed by atoms with Gasteiger partial charge in [-0.25, -0.2) is 4.99 Å². The van der Waals surface area contributed by atoms with E-state index < -0.39 is 0 Å². The Kier molecular flexibility index (Phi) is 7.13. The van der Waals surface area contributed by atoms with Crippen molar-refractivity contribution in [1.82, 2.24) is 5.32 Å². The van der Waals surface area contributed by atoms with Gasteiger partial charge in [-0.2, -0.15) is 5.26 Å². The number of ether oxygens (including phenoxy) is 2. The van der Waals surface area contributed by atoms with Crippen LogP contribution >= 0.6 is 27.7 Å². The van der Waals surface area contributed by atoms with E-state index in [0.29, 0.717) is 21.4 Å². The summed E-state index contributed by atoms with van der Waals surface area (Å²) in [5.41, 5.74) is 2.98. The molecule has 0 radical (unpaired) electrons. The Balaban J connectivity index is 1.45. The molecule has 0 unspecified atom stereocenters. The minimum atomic E-state index is -0.197. The molecule has 1 heterocycles. The van der Waals surface area contributed by atoms with Gasteiger partial charge in [0.15, 0.2) is 5.17 Å². The molecule has 0 atom stereocenters. The number of nitriles is 1. The fourth-order valence-corrected chi connectivity index (χ4v) is 4.39. The lowest BCUT2D eigenvalue weighted by Gasteiger charge is -2.10. The van der Waals surface area contributed by atoms with Crippen LogP contribution in [-0.2, 0) is 11.4 Å². The summed E-state index contributed by atoms with van der Waals surface area (Å²) in [4.78, 5) is 17.4. The summed E-state index contributed by atoms with van der Waals surface area (Å²) in [5, 5.41) is 12.5. The summed E-state index contributed by atoms with van der Waals surface area (Å²) in [5.74, 6) is 1.20. The molecular formula is C25H18BrN3O3S. The monoisotopic (exact) mass is 519 g/mol. The smallest absolute Gasteiger partial charge is 0.264 e. The molecule has 6 nitrogen and oxygen atoms in total. The third kappa shape index (κ3) is 5.64. The van der Waals surface area contributed by atoms with Gasteiger partial charge in [-0.05, 0) is 81.8 Å². The molecule has 0 bridgehead atoms. The normalized spacial score (nSPS) is 15.4. The van der Waals surface area contributed by atoms with E-state index in [9.17, 15) is 10.1 Å². The van der Waals surface area contributed by atoms with Gasteiger partial charge in [-0.3, -0.25) is 4.79 Å². The summed E-state index contributed by atoms with van der Waals surface area (Å²) in [6.07, 6.45) is 1.80. The number of amides is 1. The van der Waals surface area contributed by atoms with E-state index in [2.05, 4.69) is 32.3 Å². The minimum Gasteiger partial charge on any atom is -0.497 e. The molecule has 1 N–H and O–H groups in total. The van der Waals surface area contributed by atoms with Crippen LogP contribution in [-0.4, -0.2) is 18.2 Å². The molecule has 1 fully saturated rings. The largest absolute Gasteiger partial charge is 0.497 e. The number of methoxy groups -OCH3 is 1. The van der Waals surface area contributed by atoms with Crippen molar-refractivity contribution >= 4 is 50.5 Å². The summed E-state index contributed by atoms with van der Waals surface area (Å²) < 4.78 is 11.8. The van der Waals surface area contributed by atoms with Crippen molar-refractivity contribution < 1.29 is 14.3 Å². The number of benzene rings is 3. The van der Waals surface area contributed by atoms with Crippen molar-refractivity contribution in [2.45, 2.75) is 6.61 Å². The highest BCUT2D eigenvalue weighted by molar-refractivity contribution is 9.10. The van der Waals surface area contributed by atoms with Crippen molar-refractivity contribution in [3.63, 3.8) is 0 Å². The van der Waals surface area contributed by atoms with Gasteiger partial charge in [0.2, 0.25) is 0 Å². The number of halogens is 1. The second-order valence-electron chi connectivity index (χ2n) is 6.93. The first-order valence-corrected chi connectivity index (χ1v) is 11.5. The number of rotatable bonds is 6. The van der Waals surface area contributed by atoms with Crippen LogP contribution in [0.4, 0.5) is 5.69 Å². The molecule has 1 aliphatic rings. The Labute approximate surface area is 204 Å². The van der Waals surface area contributed by atoms with Crippen LogP contribution in [0.15, 0.2) is 81.1 Å². The fraction of sp³-hybridized carbons (Fsp3) is 0.0800. The van der Waals surface area contributed by atoms with E-state index >= 15 is 0 Å². The average Bonchev–Trinajstić information content (AvgIpc) is 3.17. The fourth-order valence-electron chi connectivity index (χ4n) is 3.04. The predicted molar refractivity (Wildman–Crippen MR) is 133 cm³/mol. The van der Waals surface area contributed by atoms with Gasteiger partial charge in [0.05, 0.1) is 33.8 Å². The van der Waals surface area contributed by atoms with Gasteiger partial charge >= 0.3 is 0 Å². The summed E-state index contributed by atoms with van der Waals surface area (Å²) in [7, 11) is 1.61. The molecular weight excluding hydrogens is 502 g/mol. The number of thioether (sulfide) groups is 1. The number of aliphatic imine (C=N–C) groups is 1. The Morgan fingerprint density at radius 2 is 1.94 bits per heavy atom. The predicted octanol–water partition coefficient (Wildman–Crippen LogP) is 5.80. The third-order valence-electron chi connectivity index (χ3n) is 4.73. The summed E-state index contributed by atoms with van der Waals surface area (Å²) in [6, 6.07) is 22.4. The number of carbonyl (C=O) groups excluding carboxylic acids is 1. The van der Waals surface area contributed by atoms with Gasteiger partial charge in [0, 0.05) is 5.56 Å². The highest BCUT2D eigenvalue weighted by Crippen LogP contribution is 2.32. The lowest BCUT2D eigenvalue weighted by Crippen LogP contribution is -2.19. The zero-order valence-electron chi connectivity index (χ0n) is 17.5. The molecule has 0 saturated carbocycles. The van der Waals surface area contributed by atoms with Gasteiger partial charge in [0.1, 0.15) is 18.1 Å². The lowest BCUT2D eigenvalue weighted by molar-refractivity contribution is -0.115. The van der Waals surface area contributed by atoms with Crippen LogP contribution < -0.4 is 14.8 Å².